The average molecular weight is 266 g/mol. The van der Waals surface area contributed by atoms with E-state index >= 15 is 0 Å². The van der Waals surface area contributed by atoms with Crippen LogP contribution in [0.2, 0.25) is 0 Å². The zero-order valence-electron chi connectivity index (χ0n) is 12.5. The van der Waals surface area contributed by atoms with Gasteiger partial charge in [0.15, 0.2) is 0 Å². The van der Waals surface area contributed by atoms with Crippen molar-refractivity contribution >= 4 is 0 Å². The summed E-state index contributed by atoms with van der Waals surface area (Å²) >= 11 is 0. The van der Waals surface area contributed by atoms with Crippen molar-refractivity contribution in [3.05, 3.63) is 59.2 Å². The van der Waals surface area contributed by atoms with Gasteiger partial charge < -0.3 is 4.74 Å². The largest absolute Gasteiger partial charge is 0.377 e. The highest BCUT2D eigenvalue weighted by Gasteiger charge is 2.22. The van der Waals surface area contributed by atoms with E-state index in [1.165, 1.54) is 27.8 Å². The molecular weight excluding hydrogens is 244 g/mol. The fourth-order valence-corrected chi connectivity index (χ4v) is 3.25. The molecule has 0 fully saturated rings. The Morgan fingerprint density at radius 2 is 1.90 bits per heavy atom. The quantitative estimate of drug-likeness (QED) is 0.750. The highest BCUT2D eigenvalue weighted by atomic mass is 16.5. The zero-order chi connectivity index (χ0) is 14.1. The van der Waals surface area contributed by atoms with Crippen LogP contribution in [0.4, 0.5) is 0 Å². The summed E-state index contributed by atoms with van der Waals surface area (Å²) in [6, 6.07) is 15.6. The van der Waals surface area contributed by atoms with Crippen LogP contribution in [0.3, 0.4) is 0 Å². The second-order valence-corrected chi connectivity index (χ2v) is 5.92. The maximum absolute atomic E-state index is 5.55. The number of fused-ring (bicyclic) bond motifs is 1. The predicted octanol–water partition coefficient (Wildman–Crippen LogP) is 5.11. The van der Waals surface area contributed by atoms with Gasteiger partial charge >= 0.3 is 0 Å². The van der Waals surface area contributed by atoms with Crippen molar-refractivity contribution < 1.29 is 4.74 Å². The summed E-state index contributed by atoms with van der Waals surface area (Å²) in [5, 5.41) is 0. The van der Waals surface area contributed by atoms with Crippen LogP contribution in [0.25, 0.3) is 11.1 Å². The monoisotopic (exact) mass is 266 g/mol. The van der Waals surface area contributed by atoms with Gasteiger partial charge in [0.25, 0.3) is 0 Å². The van der Waals surface area contributed by atoms with Crippen molar-refractivity contribution in [2.24, 2.45) is 0 Å². The molecular formula is C19H22O. The molecule has 0 aromatic heterocycles. The Balaban J connectivity index is 2.05. The normalized spacial score (nSPS) is 17.5. The number of aryl methyl sites for hydroxylation is 1. The van der Waals surface area contributed by atoms with Gasteiger partial charge in [-0.05, 0) is 46.6 Å². The first-order valence-electron chi connectivity index (χ1n) is 7.45. The van der Waals surface area contributed by atoms with Crippen LogP contribution in [-0.2, 0) is 11.2 Å². The van der Waals surface area contributed by atoms with Gasteiger partial charge in [-0.15, -0.1) is 0 Å². The van der Waals surface area contributed by atoms with Gasteiger partial charge in [0.05, 0.1) is 6.10 Å². The minimum absolute atomic E-state index is 0.291. The summed E-state index contributed by atoms with van der Waals surface area (Å²) < 4.78 is 5.55. The number of hydrogen-bond acceptors (Lipinski definition) is 1. The smallest absolute Gasteiger partial charge is 0.0827 e. The lowest BCUT2D eigenvalue weighted by Gasteiger charge is -2.14. The molecule has 20 heavy (non-hydrogen) atoms. The van der Waals surface area contributed by atoms with E-state index in [1.807, 2.05) is 7.11 Å². The molecule has 0 aliphatic heterocycles. The van der Waals surface area contributed by atoms with Crippen LogP contribution < -0.4 is 0 Å². The van der Waals surface area contributed by atoms with Gasteiger partial charge in [-0.1, -0.05) is 56.3 Å². The van der Waals surface area contributed by atoms with E-state index in [0.29, 0.717) is 12.0 Å². The Kier molecular flexibility index (Phi) is 3.62. The summed E-state index contributed by atoms with van der Waals surface area (Å²) in [6.45, 7) is 4.51. The molecule has 0 saturated carbocycles. The average Bonchev–Trinajstić information content (AvgIpc) is 2.89. The van der Waals surface area contributed by atoms with Crippen LogP contribution in [0.1, 0.15) is 49.0 Å². The third kappa shape index (κ3) is 2.27. The lowest BCUT2D eigenvalue weighted by molar-refractivity contribution is 0.105. The maximum atomic E-state index is 5.55. The van der Waals surface area contributed by atoms with Crippen molar-refractivity contribution in [2.75, 3.05) is 7.11 Å². The standard InChI is InChI=1S/C19H22O/c1-13(2)16-6-4-5-7-17(16)14-8-10-18-15(12-14)9-11-19(18)20-3/h4-8,10,12-13,19H,9,11H2,1-3H3. The van der Waals surface area contributed by atoms with Crippen molar-refractivity contribution in [2.45, 2.75) is 38.7 Å². The Labute approximate surface area is 121 Å². The third-order valence-electron chi connectivity index (χ3n) is 4.34. The molecule has 1 heteroatoms. The Morgan fingerprint density at radius 1 is 1.10 bits per heavy atom. The van der Waals surface area contributed by atoms with Gasteiger partial charge in [0.1, 0.15) is 0 Å². The molecule has 104 valence electrons. The van der Waals surface area contributed by atoms with Crippen LogP contribution in [-0.4, -0.2) is 7.11 Å². The highest BCUT2D eigenvalue weighted by Crippen LogP contribution is 2.37. The van der Waals surface area contributed by atoms with Gasteiger partial charge in [0, 0.05) is 7.11 Å². The number of hydrogen-bond donors (Lipinski definition) is 0. The summed E-state index contributed by atoms with van der Waals surface area (Å²) in [5.41, 5.74) is 6.95. The molecule has 0 radical (unpaired) electrons. The summed E-state index contributed by atoms with van der Waals surface area (Å²) in [6.07, 6.45) is 2.53. The number of rotatable bonds is 3. The van der Waals surface area contributed by atoms with Crippen molar-refractivity contribution in [1.82, 2.24) is 0 Å². The first-order valence-corrected chi connectivity index (χ1v) is 7.45. The van der Waals surface area contributed by atoms with E-state index in [0.717, 1.165) is 12.8 Å². The molecule has 1 aliphatic rings. The summed E-state index contributed by atoms with van der Waals surface area (Å²) in [5.74, 6) is 0.547. The second kappa shape index (κ2) is 5.41. The number of ether oxygens (including phenoxy) is 1. The van der Waals surface area contributed by atoms with Crippen LogP contribution >= 0.6 is 0 Å². The maximum Gasteiger partial charge on any atom is 0.0827 e. The van der Waals surface area contributed by atoms with Gasteiger partial charge in [-0.2, -0.15) is 0 Å². The van der Waals surface area contributed by atoms with E-state index in [9.17, 15) is 0 Å². The molecule has 2 aromatic carbocycles. The second-order valence-electron chi connectivity index (χ2n) is 5.92. The topological polar surface area (TPSA) is 9.23 Å². The minimum atomic E-state index is 0.291. The fourth-order valence-electron chi connectivity index (χ4n) is 3.25. The van der Waals surface area contributed by atoms with Gasteiger partial charge in [-0.3, -0.25) is 0 Å². The molecule has 1 atom stereocenters. The summed E-state index contributed by atoms with van der Waals surface area (Å²) in [4.78, 5) is 0. The molecule has 0 heterocycles. The predicted molar refractivity (Wildman–Crippen MR) is 84.0 cm³/mol. The highest BCUT2D eigenvalue weighted by molar-refractivity contribution is 5.69. The zero-order valence-corrected chi connectivity index (χ0v) is 12.5. The van der Waals surface area contributed by atoms with Gasteiger partial charge in [-0.25, -0.2) is 0 Å². The molecule has 1 unspecified atom stereocenters. The molecule has 0 amide bonds. The van der Waals surface area contributed by atoms with E-state index in [1.54, 1.807) is 0 Å². The Morgan fingerprint density at radius 3 is 2.65 bits per heavy atom. The van der Waals surface area contributed by atoms with E-state index in [-0.39, 0.29) is 0 Å². The first kappa shape index (κ1) is 13.4. The fraction of sp³-hybridized carbons (Fsp3) is 0.368. The summed E-state index contributed by atoms with van der Waals surface area (Å²) in [7, 11) is 1.81. The van der Waals surface area contributed by atoms with Crippen molar-refractivity contribution in [3.8, 4) is 11.1 Å². The molecule has 1 aliphatic carbocycles. The van der Waals surface area contributed by atoms with Crippen LogP contribution in [0, 0.1) is 0 Å². The molecule has 0 N–H and O–H groups in total. The molecule has 0 saturated heterocycles. The molecule has 0 spiro atoms. The molecule has 1 nitrogen and oxygen atoms in total. The van der Waals surface area contributed by atoms with Crippen molar-refractivity contribution in [1.29, 1.82) is 0 Å². The molecule has 3 rings (SSSR count). The Hall–Kier alpha value is -1.60. The van der Waals surface area contributed by atoms with Gasteiger partial charge in [0.2, 0.25) is 0 Å². The van der Waals surface area contributed by atoms with Crippen LogP contribution in [0.5, 0.6) is 0 Å². The lowest BCUT2D eigenvalue weighted by atomic mass is 9.91. The molecule has 2 aromatic rings. The first-order chi connectivity index (χ1) is 9.70. The molecule has 0 bridgehead atoms. The van der Waals surface area contributed by atoms with Crippen LogP contribution in [0.15, 0.2) is 42.5 Å². The van der Waals surface area contributed by atoms with E-state index in [2.05, 4.69) is 56.3 Å². The number of methoxy groups -OCH3 is 1. The minimum Gasteiger partial charge on any atom is -0.377 e. The van der Waals surface area contributed by atoms with E-state index in [4.69, 9.17) is 4.74 Å². The van der Waals surface area contributed by atoms with Crippen molar-refractivity contribution in [3.63, 3.8) is 0 Å². The lowest BCUT2D eigenvalue weighted by Crippen LogP contribution is -1.96. The Bertz CT molecular complexity index is 613. The third-order valence-corrected chi connectivity index (χ3v) is 4.34. The number of benzene rings is 2. The SMILES string of the molecule is COC1CCc2cc(-c3ccccc3C(C)C)ccc21. The van der Waals surface area contributed by atoms with E-state index < -0.39 is 0 Å².